The van der Waals surface area contributed by atoms with E-state index in [2.05, 4.69) is 0 Å². The number of hydrogen-bond acceptors (Lipinski definition) is 9. The van der Waals surface area contributed by atoms with E-state index in [0.29, 0.717) is 9.92 Å². The Morgan fingerprint density at radius 3 is 2.41 bits per heavy atom. The molecule has 4 rings (SSSR count). The fourth-order valence-electron chi connectivity index (χ4n) is 3.52. The van der Waals surface area contributed by atoms with Gasteiger partial charge in [-0.05, 0) is 61.0 Å². The standard InChI is InChI=1S/C25H18ClN3O9S/c1-2-37-22-13-15(6-11-21(22)38-39(35,36)19-9-7-16(26)8-10-19)12-20-23(30)27-25(32)28(24(20)31)17-4-3-5-18(14-17)29(33)34/h3-14H,2H2,1H3,(H,27,30,32)/b20-12+. The Morgan fingerprint density at radius 1 is 1.03 bits per heavy atom. The minimum atomic E-state index is -4.25. The summed E-state index contributed by atoms with van der Waals surface area (Å²) in [6.07, 6.45) is 1.16. The molecule has 1 heterocycles. The summed E-state index contributed by atoms with van der Waals surface area (Å²) in [6, 6.07) is 13.1. The van der Waals surface area contributed by atoms with E-state index in [9.17, 15) is 32.9 Å². The van der Waals surface area contributed by atoms with Crippen molar-refractivity contribution in [3.8, 4) is 11.5 Å². The van der Waals surface area contributed by atoms with Crippen LogP contribution >= 0.6 is 11.6 Å². The first-order valence-corrected chi connectivity index (χ1v) is 12.9. The second kappa shape index (κ2) is 10.9. The van der Waals surface area contributed by atoms with E-state index in [1.54, 1.807) is 6.92 Å². The van der Waals surface area contributed by atoms with Crippen molar-refractivity contribution in [2.75, 3.05) is 11.5 Å². The molecular weight excluding hydrogens is 554 g/mol. The summed E-state index contributed by atoms with van der Waals surface area (Å²) in [4.78, 5) is 49.0. The number of nitrogens with zero attached hydrogens (tertiary/aromatic N) is 2. The van der Waals surface area contributed by atoms with Gasteiger partial charge in [-0.25, -0.2) is 9.69 Å². The molecule has 4 amide bonds. The number of carbonyl (C=O) groups excluding carboxylic acids is 3. The first kappa shape index (κ1) is 27.3. The fraction of sp³-hybridized carbons (Fsp3) is 0.0800. The van der Waals surface area contributed by atoms with Gasteiger partial charge in [-0.15, -0.1) is 0 Å². The molecule has 3 aromatic rings. The lowest BCUT2D eigenvalue weighted by molar-refractivity contribution is -0.384. The van der Waals surface area contributed by atoms with Crippen LogP contribution in [0.25, 0.3) is 6.08 Å². The Kier molecular flexibility index (Phi) is 7.65. The van der Waals surface area contributed by atoms with Crippen LogP contribution in [0.2, 0.25) is 5.02 Å². The molecule has 0 atom stereocenters. The average molecular weight is 572 g/mol. The first-order chi connectivity index (χ1) is 18.5. The lowest BCUT2D eigenvalue weighted by Crippen LogP contribution is -2.54. The van der Waals surface area contributed by atoms with Crippen LogP contribution in [0.15, 0.2) is 77.2 Å². The zero-order valence-electron chi connectivity index (χ0n) is 20.0. The molecule has 1 saturated heterocycles. The second-order valence-electron chi connectivity index (χ2n) is 7.87. The summed E-state index contributed by atoms with van der Waals surface area (Å²) in [7, 11) is -4.25. The van der Waals surface area contributed by atoms with Crippen molar-refractivity contribution in [3.63, 3.8) is 0 Å². The number of carbonyl (C=O) groups is 3. The van der Waals surface area contributed by atoms with E-state index in [4.69, 9.17) is 20.5 Å². The predicted octanol–water partition coefficient (Wildman–Crippen LogP) is 4.08. The highest BCUT2D eigenvalue weighted by atomic mass is 35.5. The Bertz CT molecular complexity index is 1640. The molecule has 1 N–H and O–H groups in total. The molecule has 1 fully saturated rings. The molecule has 1 aliphatic rings. The summed E-state index contributed by atoms with van der Waals surface area (Å²) >= 11 is 5.82. The van der Waals surface area contributed by atoms with Crippen LogP contribution in [0.4, 0.5) is 16.2 Å². The third-order valence-corrected chi connectivity index (χ3v) is 6.78. The van der Waals surface area contributed by atoms with E-state index < -0.39 is 38.5 Å². The van der Waals surface area contributed by atoms with Gasteiger partial charge < -0.3 is 8.92 Å². The molecule has 0 radical (unpaired) electrons. The van der Waals surface area contributed by atoms with Crippen molar-refractivity contribution in [3.05, 3.63) is 93.0 Å². The minimum Gasteiger partial charge on any atom is -0.490 e. The van der Waals surface area contributed by atoms with Crippen molar-refractivity contribution in [2.45, 2.75) is 11.8 Å². The third kappa shape index (κ3) is 5.89. The van der Waals surface area contributed by atoms with Gasteiger partial charge >= 0.3 is 16.1 Å². The monoisotopic (exact) mass is 571 g/mol. The molecule has 39 heavy (non-hydrogen) atoms. The van der Waals surface area contributed by atoms with Crippen LogP contribution in [0.1, 0.15) is 12.5 Å². The molecule has 3 aromatic carbocycles. The Balaban J connectivity index is 1.68. The Hall–Kier alpha value is -4.75. The zero-order chi connectivity index (χ0) is 28.3. The average Bonchev–Trinajstić information content (AvgIpc) is 2.88. The van der Waals surface area contributed by atoms with Crippen molar-refractivity contribution >= 4 is 57.0 Å². The fourth-order valence-corrected chi connectivity index (χ4v) is 4.59. The number of anilines is 1. The van der Waals surface area contributed by atoms with Gasteiger partial charge in [0.25, 0.3) is 17.5 Å². The number of benzene rings is 3. The number of rotatable bonds is 8. The van der Waals surface area contributed by atoms with Gasteiger partial charge in [0.1, 0.15) is 10.5 Å². The number of ether oxygens (including phenoxy) is 1. The number of nitro benzene ring substituents is 1. The molecule has 0 spiro atoms. The molecule has 0 unspecified atom stereocenters. The highest BCUT2D eigenvalue weighted by Gasteiger charge is 2.37. The van der Waals surface area contributed by atoms with Gasteiger partial charge in [-0.1, -0.05) is 23.7 Å². The SMILES string of the molecule is CCOc1cc(/C=C2\C(=O)NC(=O)N(c3cccc([N+](=O)[O-])c3)C2=O)ccc1OS(=O)(=O)c1ccc(Cl)cc1. The number of non-ortho nitro benzene ring substituents is 1. The van der Waals surface area contributed by atoms with Gasteiger partial charge in [-0.3, -0.25) is 25.0 Å². The number of imide groups is 2. The minimum absolute atomic E-state index is 0.000304. The molecule has 1 aliphatic heterocycles. The van der Waals surface area contributed by atoms with E-state index >= 15 is 0 Å². The van der Waals surface area contributed by atoms with Gasteiger partial charge in [-0.2, -0.15) is 8.42 Å². The maximum Gasteiger partial charge on any atom is 0.339 e. The highest BCUT2D eigenvalue weighted by molar-refractivity contribution is 7.87. The molecule has 0 bridgehead atoms. The lowest BCUT2D eigenvalue weighted by Gasteiger charge is -2.26. The maximum atomic E-state index is 13.1. The lowest BCUT2D eigenvalue weighted by atomic mass is 10.1. The molecular formula is C25H18ClN3O9S. The van der Waals surface area contributed by atoms with Crippen LogP contribution in [-0.2, 0) is 19.7 Å². The second-order valence-corrected chi connectivity index (χ2v) is 9.85. The molecule has 0 aliphatic carbocycles. The first-order valence-electron chi connectivity index (χ1n) is 11.1. The number of halogens is 1. The third-order valence-electron chi connectivity index (χ3n) is 5.28. The van der Waals surface area contributed by atoms with Crippen LogP contribution in [-0.4, -0.2) is 37.8 Å². The quantitative estimate of drug-likeness (QED) is 0.138. The molecule has 0 saturated carbocycles. The Labute approximate surface area is 226 Å². The van der Waals surface area contributed by atoms with Gasteiger partial charge in [0.2, 0.25) is 0 Å². The number of nitro groups is 1. The molecule has 12 nitrogen and oxygen atoms in total. The molecule has 200 valence electrons. The van der Waals surface area contributed by atoms with Crippen LogP contribution in [0.5, 0.6) is 11.5 Å². The summed E-state index contributed by atoms with van der Waals surface area (Å²) in [5.74, 6) is -2.16. The van der Waals surface area contributed by atoms with Crippen LogP contribution < -0.4 is 19.1 Å². The zero-order valence-corrected chi connectivity index (χ0v) is 21.6. The summed E-state index contributed by atoms with van der Waals surface area (Å²) in [5.41, 5.74) is -0.690. The van der Waals surface area contributed by atoms with Gasteiger partial charge in [0, 0.05) is 17.2 Å². The normalized spacial score (nSPS) is 14.8. The number of urea groups is 1. The Morgan fingerprint density at radius 2 is 1.74 bits per heavy atom. The van der Waals surface area contributed by atoms with Crippen LogP contribution in [0, 0.1) is 10.1 Å². The number of nitrogens with one attached hydrogen (secondary N) is 1. The predicted molar refractivity (Wildman–Crippen MR) is 139 cm³/mol. The van der Waals surface area contributed by atoms with Crippen molar-refractivity contribution < 1.29 is 36.6 Å². The van der Waals surface area contributed by atoms with Crippen molar-refractivity contribution in [1.29, 1.82) is 0 Å². The summed E-state index contributed by atoms with van der Waals surface area (Å²) in [6.45, 7) is 1.79. The van der Waals surface area contributed by atoms with Crippen molar-refractivity contribution in [1.82, 2.24) is 5.32 Å². The van der Waals surface area contributed by atoms with E-state index in [0.717, 1.165) is 12.1 Å². The van der Waals surface area contributed by atoms with E-state index in [1.165, 1.54) is 60.7 Å². The summed E-state index contributed by atoms with van der Waals surface area (Å²) in [5, 5.41) is 13.5. The number of hydrogen-bond donors (Lipinski definition) is 1. The van der Waals surface area contributed by atoms with E-state index in [1.807, 2.05) is 5.32 Å². The van der Waals surface area contributed by atoms with Crippen LogP contribution in [0.3, 0.4) is 0 Å². The number of barbiturate groups is 1. The largest absolute Gasteiger partial charge is 0.490 e. The smallest absolute Gasteiger partial charge is 0.339 e. The number of amides is 4. The highest BCUT2D eigenvalue weighted by Crippen LogP contribution is 2.33. The van der Waals surface area contributed by atoms with Gasteiger partial charge in [0.05, 0.1) is 17.2 Å². The van der Waals surface area contributed by atoms with E-state index in [-0.39, 0.29) is 39.9 Å². The van der Waals surface area contributed by atoms with Crippen molar-refractivity contribution in [2.24, 2.45) is 0 Å². The summed E-state index contributed by atoms with van der Waals surface area (Å²) < 4.78 is 36.2. The molecule has 0 aromatic heterocycles. The molecule has 14 heteroatoms. The van der Waals surface area contributed by atoms with Gasteiger partial charge in [0.15, 0.2) is 11.5 Å². The topological polar surface area (TPSA) is 162 Å². The maximum absolute atomic E-state index is 13.1.